The van der Waals surface area contributed by atoms with E-state index in [1.807, 2.05) is 32.4 Å². The fourth-order valence-electron chi connectivity index (χ4n) is 2.96. The van der Waals surface area contributed by atoms with Crippen LogP contribution in [-0.2, 0) is 11.5 Å². The van der Waals surface area contributed by atoms with Gasteiger partial charge in [-0.2, -0.15) is 15.3 Å². The summed E-state index contributed by atoms with van der Waals surface area (Å²) in [7, 11) is 0. The van der Waals surface area contributed by atoms with E-state index in [4.69, 9.17) is 5.11 Å². The third kappa shape index (κ3) is 3.95. The van der Waals surface area contributed by atoms with Crippen LogP contribution in [-0.4, -0.2) is 46.3 Å². The van der Waals surface area contributed by atoms with Crippen LogP contribution in [0.15, 0.2) is 16.9 Å². The van der Waals surface area contributed by atoms with Gasteiger partial charge in [-0.25, -0.2) is 14.2 Å². The molecule has 0 radical (unpaired) electrons. The number of hydrogen-bond donors (Lipinski definition) is 2. The molecule has 2 N–H and O–H groups in total. The van der Waals surface area contributed by atoms with Gasteiger partial charge in [-0.1, -0.05) is 0 Å². The predicted octanol–water partition coefficient (Wildman–Crippen LogP) is 2.68. The van der Waals surface area contributed by atoms with Crippen LogP contribution < -0.4 is 5.32 Å². The number of halogens is 1. The number of nitrogens with zero attached hydrogens (tertiary/aromatic N) is 6. The van der Waals surface area contributed by atoms with E-state index < -0.39 is 12.0 Å². The number of hydrogen-bond acceptors (Lipinski definition) is 5. The molecule has 10 nitrogen and oxygen atoms in total. The Labute approximate surface area is 175 Å². The van der Waals surface area contributed by atoms with Gasteiger partial charge in [0.05, 0.1) is 44.7 Å². The van der Waals surface area contributed by atoms with Gasteiger partial charge in [0.1, 0.15) is 12.7 Å². The van der Waals surface area contributed by atoms with Gasteiger partial charge >= 0.3 is 5.97 Å². The molecule has 0 saturated heterocycles. The van der Waals surface area contributed by atoms with Crippen molar-refractivity contribution in [2.24, 2.45) is 0 Å². The number of carbonyl (C=O) groups excluding carboxylic acids is 1. The Morgan fingerprint density at radius 3 is 2.31 bits per heavy atom. The van der Waals surface area contributed by atoms with Gasteiger partial charge in [0.25, 0.3) is 0 Å². The minimum Gasteiger partial charge on any atom is -0.478 e. The maximum Gasteiger partial charge on any atom is 0.338 e. The van der Waals surface area contributed by atoms with E-state index in [0.29, 0.717) is 18.1 Å². The highest BCUT2D eigenvalue weighted by molar-refractivity contribution is 9.10. The first kappa shape index (κ1) is 20.8. The van der Waals surface area contributed by atoms with Crippen molar-refractivity contribution in [1.29, 1.82) is 0 Å². The van der Waals surface area contributed by atoms with Crippen LogP contribution >= 0.6 is 15.9 Å². The molecule has 0 aliphatic heterocycles. The summed E-state index contributed by atoms with van der Waals surface area (Å²) in [5.41, 5.74) is 4.00. The molecule has 3 heterocycles. The topological polar surface area (TPSA) is 120 Å². The molecule has 3 aromatic heterocycles. The minimum absolute atomic E-state index is 0.0286. The smallest absolute Gasteiger partial charge is 0.338 e. The second-order valence-corrected chi connectivity index (χ2v) is 7.64. The Morgan fingerprint density at radius 2 is 1.76 bits per heavy atom. The largest absolute Gasteiger partial charge is 0.478 e. The maximum atomic E-state index is 12.7. The zero-order valence-corrected chi connectivity index (χ0v) is 18.4. The summed E-state index contributed by atoms with van der Waals surface area (Å²) in [5.74, 6) is -1.41. The van der Waals surface area contributed by atoms with Crippen molar-refractivity contribution in [3.8, 4) is 0 Å². The number of rotatable bonds is 6. The lowest BCUT2D eigenvalue weighted by Gasteiger charge is -2.13. The van der Waals surface area contributed by atoms with Crippen LogP contribution in [0.25, 0.3) is 0 Å². The average molecular weight is 464 g/mol. The summed E-state index contributed by atoms with van der Waals surface area (Å²) < 4.78 is 5.89. The molecular formula is C18H22BrN7O3. The number of aromatic carboxylic acids is 1. The second kappa shape index (κ2) is 7.82. The lowest BCUT2D eigenvalue weighted by molar-refractivity contribution is -0.119. The van der Waals surface area contributed by atoms with E-state index in [1.165, 1.54) is 17.1 Å². The molecule has 0 saturated carbocycles. The van der Waals surface area contributed by atoms with Crippen molar-refractivity contribution in [3.63, 3.8) is 0 Å². The molecule has 1 atom stereocenters. The standard InChI is InChI=1S/C18H22BrN7O3/c1-9-15(19)11(3)25(22-9)8-26-12(4)16(10(2)23-26)21-17(27)13(5)24-7-14(6-20-24)18(28)29/h6-7,13H,8H2,1-5H3,(H,21,27)(H,28,29). The molecular weight excluding hydrogens is 442 g/mol. The van der Waals surface area contributed by atoms with Gasteiger partial charge in [-0.05, 0) is 50.5 Å². The third-order valence-corrected chi connectivity index (χ3v) is 5.96. The molecule has 3 aromatic rings. The van der Waals surface area contributed by atoms with Gasteiger partial charge in [0.2, 0.25) is 5.91 Å². The van der Waals surface area contributed by atoms with E-state index in [1.54, 1.807) is 11.6 Å². The molecule has 0 bridgehead atoms. The van der Waals surface area contributed by atoms with Crippen molar-refractivity contribution in [2.45, 2.75) is 47.3 Å². The van der Waals surface area contributed by atoms with Crippen molar-refractivity contribution in [3.05, 3.63) is 45.2 Å². The summed E-state index contributed by atoms with van der Waals surface area (Å²) in [4.78, 5) is 23.7. The average Bonchev–Trinajstić information content (AvgIpc) is 3.32. The summed E-state index contributed by atoms with van der Waals surface area (Å²) >= 11 is 3.52. The second-order valence-electron chi connectivity index (χ2n) is 6.85. The van der Waals surface area contributed by atoms with Crippen LogP contribution in [0.4, 0.5) is 5.69 Å². The van der Waals surface area contributed by atoms with Gasteiger partial charge < -0.3 is 10.4 Å². The lowest BCUT2D eigenvalue weighted by atomic mass is 10.2. The number of amides is 1. The number of anilines is 1. The normalized spacial score (nSPS) is 12.2. The van der Waals surface area contributed by atoms with Crippen LogP contribution in [0, 0.1) is 27.7 Å². The molecule has 0 fully saturated rings. The van der Waals surface area contributed by atoms with Gasteiger partial charge in [-0.3, -0.25) is 9.48 Å². The van der Waals surface area contributed by atoms with Gasteiger partial charge in [0.15, 0.2) is 0 Å². The van der Waals surface area contributed by atoms with Crippen LogP contribution in [0.5, 0.6) is 0 Å². The molecule has 0 spiro atoms. The maximum absolute atomic E-state index is 12.7. The molecule has 1 unspecified atom stereocenters. The molecule has 29 heavy (non-hydrogen) atoms. The highest BCUT2D eigenvalue weighted by Crippen LogP contribution is 2.23. The quantitative estimate of drug-likeness (QED) is 0.579. The van der Waals surface area contributed by atoms with Gasteiger partial charge in [-0.15, -0.1) is 0 Å². The third-order valence-electron chi connectivity index (χ3n) is 4.82. The Hall–Kier alpha value is -2.95. The van der Waals surface area contributed by atoms with E-state index in [0.717, 1.165) is 21.6 Å². The predicted molar refractivity (Wildman–Crippen MR) is 109 cm³/mol. The first-order valence-corrected chi connectivity index (χ1v) is 9.71. The zero-order valence-electron chi connectivity index (χ0n) is 16.8. The van der Waals surface area contributed by atoms with Crippen molar-refractivity contribution < 1.29 is 14.7 Å². The number of aromatic nitrogens is 6. The van der Waals surface area contributed by atoms with Crippen molar-refractivity contribution in [2.75, 3.05) is 5.32 Å². The highest BCUT2D eigenvalue weighted by atomic mass is 79.9. The zero-order chi connectivity index (χ0) is 21.5. The van der Waals surface area contributed by atoms with Crippen molar-refractivity contribution >= 4 is 33.5 Å². The Bertz CT molecular complexity index is 1100. The number of carbonyl (C=O) groups is 2. The first-order chi connectivity index (χ1) is 13.6. The summed E-state index contributed by atoms with van der Waals surface area (Å²) in [5, 5.41) is 24.9. The first-order valence-electron chi connectivity index (χ1n) is 8.92. The number of nitrogens with one attached hydrogen (secondary N) is 1. The fourth-order valence-corrected chi connectivity index (χ4v) is 3.25. The lowest BCUT2D eigenvalue weighted by Crippen LogP contribution is -2.24. The summed E-state index contributed by atoms with van der Waals surface area (Å²) in [6.07, 6.45) is 2.55. The fraction of sp³-hybridized carbons (Fsp3) is 0.389. The number of aryl methyl sites for hydroxylation is 2. The molecule has 1 amide bonds. The number of carboxylic acid groups (broad SMARTS) is 1. The summed E-state index contributed by atoms with van der Waals surface area (Å²) in [6.45, 7) is 9.64. The minimum atomic E-state index is -1.09. The van der Waals surface area contributed by atoms with E-state index >= 15 is 0 Å². The Kier molecular flexibility index (Phi) is 5.60. The van der Waals surface area contributed by atoms with E-state index in [-0.39, 0.29) is 11.5 Å². The summed E-state index contributed by atoms with van der Waals surface area (Å²) in [6, 6.07) is -0.683. The molecule has 0 aliphatic carbocycles. The Balaban J connectivity index is 1.79. The van der Waals surface area contributed by atoms with Gasteiger partial charge in [0, 0.05) is 6.20 Å². The highest BCUT2D eigenvalue weighted by Gasteiger charge is 2.21. The SMILES string of the molecule is Cc1nn(Cn2nc(C)c(NC(=O)C(C)n3cc(C(=O)O)cn3)c2C)c(C)c1Br. The molecule has 3 rings (SSSR count). The molecule has 154 valence electrons. The Morgan fingerprint density at radius 1 is 1.14 bits per heavy atom. The van der Waals surface area contributed by atoms with E-state index in [2.05, 4.69) is 36.5 Å². The monoisotopic (exact) mass is 463 g/mol. The molecule has 0 aliphatic rings. The van der Waals surface area contributed by atoms with Crippen LogP contribution in [0.3, 0.4) is 0 Å². The van der Waals surface area contributed by atoms with Crippen LogP contribution in [0.2, 0.25) is 0 Å². The van der Waals surface area contributed by atoms with E-state index in [9.17, 15) is 9.59 Å². The number of carboxylic acids is 1. The molecule has 0 aromatic carbocycles. The van der Waals surface area contributed by atoms with Crippen molar-refractivity contribution in [1.82, 2.24) is 29.3 Å². The molecule has 11 heteroatoms. The van der Waals surface area contributed by atoms with Crippen LogP contribution in [0.1, 0.15) is 46.1 Å².